The van der Waals surface area contributed by atoms with Crippen LogP contribution in [0.25, 0.3) is 0 Å². The van der Waals surface area contributed by atoms with E-state index < -0.39 is 26.5 Å². The van der Waals surface area contributed by atoms with Gasteiger partial charge in [0.05, 0.1) is 27.7 Å². The average molecular weight is 1010 g/mol. The molecule has 0 aromatic carbocycles. The first kappa shape index (κ1) is 67.4. The third kappa shape index (κ3) is 55.6. The van der Waals surface area contributed by atoms with Crippen molar-refractivity contribution in [3.63, 3.8) is 0 Å². The maximum atomic E-state index is 12.8. The Morgan fingerprint density at radius 3 is 1.20 bits per heavy atom. The van der Waals surface area contributed by atoms with Crippen molar-refractivity contribution in [1.29, 1.82) is 0 Å². The second-order valence-electron chi connectivity index (χ2n) is 19.2. The summed E-state index contributed by atoms with van der Waals surface area (Å²) in [6.45, 7) is 4.26. The molecule has 0 aromatic heterocycles. The van der Waals surface area contributed by atoms with E-state index in [4.69, 9.17) is 18.5 Å². The highest BCUT2D eigenvalue weighted by molar-refractivity contribution is 7.47. The van der Waals surface area contributed by atoms with Gasteiger partial charge in [0, 0.05) is 12.8 Å². The molecule has 0 radical (unpaired) electrons. The number of quaternary nitrogens is 1. The van der Waals surface area contributed by atoms with Crippen LogP contribution in [0.15, 0.2) is 122 Å². The first-order chi connectivity index (χ1) is 34.5. The number of carbonyl (C=O) groups is 2. The number of phosphoric ester groups is 1. The quantitative estimate of drug-likeness (QED) is 0.0211. The largest absolute Gasteiger partial charge is 0.472 e. The summed E-state index contributed by atoms with van der Waals surface area (Å²) in [5.74, 6) is -0.834. The summed E-state index contributed by atoms with van der Waals surface area (Å²) < 4.78 is 34.4. The van der Waals surface area contributed by atoms with Gasteiger partial charge in [-0.3, -0.25) is 18.6 Å². The number of phosphoric acid groups is 1. The molecule has 0 aliphatic rings. The van der Waals surface area contributed by atoms with Gasteiger partial charge in [-0.15, -0.1) is 0 Å². The van der Waals surface area contributed by atoms with Crippen molar-refractivity contribution in [1.82, 2.24) is 0 Å². The van der Waals surface area contributed by atoms with E-state index >= 15 is 0 Å². The zero-order valence-electron chi connectivity index (χ0n) is 45.7. The van der Waals surface area contributed by atoms with Crippen LogP contribution in [-0.4, -0.2) is 74.9 Å². The molecule has 0 aromatic rings. The van der Waals surface area contributed by atoms with E-state index in [1.807, 2.05) is 21.1 Å². The van der Waals surface area contributed by atoms with E-state index in [2.05, 4.69) is 135 Å². The standard InChI is InChI=1S/C61H102NO8P/c1-6-8-10-12-14-16-18-20-21-22-23-24-25-26-27-28-29-30-31-32-33-34-35-36-37-38-39-40-41-42-44-46-48-50-52-54-61(64)70-59(58-69-71(65,66)68-56-55-62(3,4)5)57-67-60(63)53-51-49-47-45-43-19-17-15-13-11-9-7-2/h8,10,14,16,20-21,23-24,26-27,29-30,32-33,35-36,38-39,41-42,59H,6-7,9,11-13,15,17-19,22,25,28,31,34,37,40,43-58H2,1-5H3/p+1/b10-8-,16-14-,21-20-,24-23-,27-26-,30-29-,33-32-,36-35-,39-38-,42-41-. The maximum Gasteiger partial charge on any atom is 0.472 e. The van der Waals surface area contributed by atoms with Crippen molar-refractivity contribution in [3.8, 4) is 0 Å². The second-order valence-corrected chi connectivity index (χ2v) is 20.7. The molecule has 0 rings (SSSR count). The molecule has 0 aliphatic heterocycles. The number of nitrogens with zero attached hydrogens (tertiary/aromatic N) is 1. The predicted octanol–water partition coefficient (Wildman–Crippen LogP) is 17.2. The SMILES string of the molecule is CC/C=C\C/C=C\C/C=C\C/C=C\C/C=C\C/C=C\C/C=C\C/C=C\C/C=C\C/C=C\CCCCCCC(=O)OC(COC(=O)CCCCCCCCCCCCCC)COP(=O)(O)OCC[N+](C)(C)C. The molecular weight excluding hydrogens is 906 g/mol. The predicted molar refractivity (Wildman–Crippen MR) is 302 cm³/mol. The van der Waals surface area contributed by atoms with Crippen molar-refractivity contribution in [2.24, 2.45) is 0 Å². The lowest BCUT2D eigenvalue weighted by atomic mass is 10.0. The molecule has 0 saturated carbocycles. The Labute approximate surface area is 435 Å². The topological polar surface area (TPSA) is 108 Å². The Morgan fingerprint density at radius 1 is 0.451 bits per heavy atom. The van der Waals surface area contributed by atoms with Gasteiger partial charge in [-0.05, 0) is 89.9 Å². The summed E-state index contributed by atoms with van der Waals surface area (Å²) in [6, 6.07) is 0. The summed E-state index contributed by atoms with van der Waals surface area (Å²) in [7, 11) is 1.44. The number of hydrogen-bond donors (Lipinski definition) is 1. The Hall–Kier alpha value is -3.59. The number of carbonyl (C=O) groups excluding carboxylic acids is 2. The molecule has 0 fully saturated rings. The second kappa shape index (κ2) is 51.3. The van der Waals surface area contributed by atoms with E-state index in [-0.39, 0.29) is 32.0 Å². The minimum atomic E-state index is -4.39. The van der Waals surface area contributed by atoms with E-state index in [9.17, 15) is 19.0 Å². The Bertz CT molecular complexity index is 1610. The molecule has 9 nitrogen and oxygen atoms in total. The number of allylic oxidation sites excluding steroid dienone is 20. The minimum absolute atomic E-state index is 0.0210. The van der Waals surface area contributed by atoms with Gasteiger partial charge in [-0.25, -0.2) is 4.57 Å². The average Bonchev–Trinajstić information content (AvgIpc) is 3.33. The van der Waals surface area contributed by atoms with E-state index in [0.717, 1.165) is 109 Å². The molecule has 0 bridgehead atoms. The monoisotopic (exact) mass is 1010 g/mol. The highest BCUT2D eigenvalue weighted by Gasteiger charge is 2.27. The summed E-state index contributed by atoms with van der Waals surface area (Å²) in [5, 5.41) is 0. The first-order valence-corrected chi connectivity index (χ1v) is 29.3. The summed E-state index contributed by atoms with van der Waals surface area (Å²) >= 11 is 0. The fraction of sp³-hybridized carbons (Fsp3) is 0.639. The van der Waals surface area contributed by atoms with Crippen LogP contribution in [-0.2, 0) is 32.7 Å². The maximum absolute atomic E-state index is 12.8. The Kier molecular flexibility index (Phi) is 48.7. The summed E-state index contributed by atoms with van der Waals surface area (Å²) in [4.78, 5) is 35.5. The lowest BCUT2D eigenvalue weighted by molar-refractivity contribution is -0.870. The van der Waals surface area contributed by atoms with E-state index in [0.29, 0.717) is 17.4 Å². The van der Waals surface area contributed by atoms with Crippen molar-refractivity contribution in [3.05, 3.63) is 122 Å². The fourth-order valence-corrected chi connectivity index (χ4v) is 7.72. The Balaban J connectivity index is 4.22. The molecule has 1 N–H and O–H groups in total. The molecule has 0 saturated heterocycles. The number of esters is 2. The number of rotatable bonds is 49. The van der Waals surface area contributed by atoms with Crippen LogP contribution in [0.2, 0.25) is 0 Å². The number of hydrogen-bond acceptors (Lipinski definition) is 7. The van der Waals surface area contributed by atoms with Crippen LogP contribution in [0, 0.1) is 0 Å². The highest BCUT2D eigenvalue weighted by Crippen LogP contribution is 2.43. The third-order valence-corrected chi connectivity index (χ3v) is 12.2. The van der Waals surface area contributed by atoms with Gasteiger partial charge in [-0.2, -0.15) is 0 Å². The first-order valence-electron chi connectivity index (χ1n) is 27.8. The van der Waals surface area contributed by atoms with Crippen LogP contribution in [0.5, 0.6) is 0 Å². The van der Waals surface area contributed by atoms with Gasteiger partial charge in [0.15, 0.2) is 6.10 Å². The van der Waals surface area contributed by atoms with E-state index in [1.165, 1.54) is 57.8 Å². The third-order valence-electron chi connectivity index (χ3n) is 11.3. The fourth-order valence-electron chi connectivity index (χ4n) is 6.98. The lowest BCUT2D eigenvalue weighted by Crippen LogP contribution is -2.37. The molecule has 0 aliphatic carbocycles. The van der Waals surface area contributed by atoms with Crippen molar-refractivity contribution in [2.75, 3.05) is 47.5 Å². The summed E-state index contributed by atoms with van der Waals surface area (Å²) in [6.07, 6.45) is 72.7. The minimum Gasteiger partial charge on any atom is -0.462 e. The molecular formula is C61H103NO8P+. The molecule has 71 heavy (non-hydrogen) atoms. The Morgan fingerprint density at radius 2 is 0.803 bits per heavy atom. The lowest BCUT2D eigenvalue weighted by Gasteiger charge is -2.24. The smallest absolute Gasteiger partial charge is 0.462 e. The van der Waals surface area contributed by atoms with Gasteiger partial charge in [0.25, 0.3) is 0 Å². The van der Waals surface area contributed by atoms with Gasteiger partial charge in [0.1, 0.15) is 19.8 Å². The van der Waals surface area contributed by atoms with Gasteiger partial charge in [-0.1, -0.05) is 219 Å². The van der Waals surface area contributed by atoms with Crippen molar-refractivity contribution >= 4 is 19.8 Å². The van der Waals surface area contributed by atoms with E-state index in [1.54, 1.807) is 0 Å². The molecule has 404 valence electrons. The zero-order valence-corrected chi connectivity index (χ0v) is 46.6. The number of likely N-dealkylation sites (N-methyl/N-ethyl adjacent to an activating group) is 1. The van der Waals surface area contributed by atoms with Crippen LogP contribution in [0.3, 0.4) is 0 Å². The molecule has 0 heterocycles. The molecule has 0 amide bonds. The van der Waals surface area contributed by atoms with Crippen molar-refractivity contribution in [2.45, 2.75) is 206 Å². The van der Waals surface area contributed by atoms with Crippen LogP contribution >= 0.6 is 7.82 Å². The summed E-state index contributed by atoms with van der Waals surface area (Å²) in [5.41, 5.74) is 0. The van der Waals surface area contributed by atoms with Gasteiger partial charge in [0.2, 0.25) is 0 Å². The van der Waals surface area contributed by atoms with Gasteiger partial charge < -0.3 is 18.9 Å². The molecule has 2 atom stereocenters. The van der Waals surface area contributed by atoms with Crippen LogP contribution in [0.4, 0.5) is 0 Å². The number of unbranched alkanes of at least 4 members (excludes halogenated alkanes) is 15. The normalized spacial score (nSPS) is 14.3. The molecule has 10 heteroatoms. The molecule has 0 spiro atoms. The van der Waals surface area contributed by atoms with Crippen molar-refractivity contribution < 1.29 is 42.1 Å². The van der Waals surface area contributed by atoms with Crippen LogP contribution < -0.4 is 0 Å². The van der Waals surface area contributed by atoms with Gasteiger partial charge >= 0.3 is 19.8 Å². The zero-order chi connectivity index (χ0) is 52.0. The van der Waals surface area contributed by atoms with Crippen LogP contribution in [0.1, 0.15) is 200 Å². The molecule has 2 unspecified atom stereocenters. The highest BCUT2D eigenvalue weighted by atomic mass is 31.2. The number of ether oxygens (including phenoxy) is 2.